The molecule has 0 aliphatic carbocycles. The molecule has 3 aliphatic rings. The van der Waals surface area contributed by atoms with Gasteiger partial charge in [0.05, 0.1) is 16.9 Å². The van der Waals surface area contributed by atoms with Crippen LogP contribution in [0.1, 0.15) is 29.9 Å². The molecule has 1 fully saturated rings. The molecule has 0 amide bonds. The lowest BCUT2D eigenvalue weighted by Crippen LogP contribution is -2.49. The van der Waals surface area contributed by atoms with Crippen LogP contribution >= 0.6 is 0 Å². The molecule has 2 unspecified atom stereocenters. The van der Waals surface area contributed by atoms with Gasteiger partial charge >= 0.3 is 0 Å². The van der Waals surface area contributed by atoms with E-state index in [1.165, 1.54) is 66.9 Å². The Balaban J connectivity index is 1.15. The van der Waals surface area contributed by atoms with Crippen molar-refractivity contribution in [2.24, 2.45) is 0 Å². The highest BCUT2D eigenvalue weighted by Crippen LogP contribution is 2.50. The number of piperidine rings is 1. The molecule has 4 nitrogen and oxygen atoms in total. The summed E-state index contributed by atoms with van der Waals surface area (Å²) in [4.78, 5) is 12.5. The number of nitrogens with zero attached hydrogens (tertiary/aromatic N) is 4. The molecule has 1 aromatic heterocycles. The molecule has 2 atom stereocenters. The second-order valence-electron chi connectivity index (χ2n) is 9.19. The highest BCUT2D eigenvalue weighted by Gasteiger charge is 2.44. The molecule has 3 aliphatic heterocycles. The van der Waals surface area contributed by atoms with Gasteiger partial charge in [0.1, 0.15) is 0 Å². The van der Waals surface area contributed by atoms with Crippen molar-refractivity contribution >= 4 is 22.3 Å². The minimum absolute atomic E-state index is 0.666. The molecule has 6 rings (SSSR count). The first kappa shape index (κ1) is 18.2. The van der Waals surface area contributed by atoms with Crippen LogP contribution in [0.5, 0.6) is 0 Å². The molecule has 0 saturated carbocycles. The minimum atomic E-state index is 0.666. The predicted molar refractivity (Wildman–Crippen MR) is 125 cm³/mol. The van der Waals surface area contributed by atoms with Gasteiger partial charge in [-0.1, -0.05) is 36.4 Å². The number of hydrogen-bond acceptors (Lipinski definition) is 4. The molecule has 0 N–H and O–H groups in total. The fraction of sp³-hybridized carbons (Fsp3) is 0.423. The van der Waals surface area contributed by atoms with E-state index >= 15 is 0 Å². The molecule has 0 bridgehead atoms. The summed E-state index contributed by atoms with van der Waals surface area (Å²) in [5, 5.41) is 1.25. The number of para-hydroxylation sites is 2. The van der Waals surface area contributed by atoms with Gasteiger partial charge in [0.15, 0.2) is 0 Å². The molecular weight excluding hydrogens is 368 g/mol. The number of hydrogen-bond donors (Lipinski definition) is 0. The van der Waals surface area contributed by atoms with Gasteiger partial charge < -0.3 is 14.7 Å². The summed E-state index contributed by atoms with van der Waals surface area (Å²) in [5.41, 5.74) is 7.12. The zero-order valence-electron chi connectivity index (χ0n) is 17.8. The zero-order chi connectivity index (χ0) is 20.1. The quantitative estimate of drug-likeness (QED) is 0.654. The lowest BCUT2D eigenvalue weighted by molar-refractivity contribution is 0.191. The summed E-state index contributed by atoms with van der Waals surface area (Å²) >= 11 is 0. The second-order valence-corrected chi connectivity index (χ2v) is 9.19. The minimum Gasteiger partial charge on any atom is -0.371 e. The summed E-state index contributed by atoms with van der Waals surface area (Å²) in [5.74, 6) is 0.666. The summed E-state index contributed by atoms with van der Waals surface area (Å²) in [7, 11) is 2.24. The Labute approximate surface area is 179 Å². The first-order chi connectivity index (χ1) is 14.8. The Morgan fingerprint density at radius 2 is 1.90 bits per heavy atom. The molecule has 3 aromatic rings. The van der Waals surface area contributed by atoms with E-state index in [9.17, 15) is 0 Å². The van der Waals surface area contributed by atoms with Crippen LogP contribution in [-0.2, 0) is 6.42 Å². The van der Waals surface area contributed by atoms with E-state index in [2.05, 4.69) is 69.2 Å². The summed E-state index contributed by atoms with van der Waals surface area (Å²) in [6.45, 7) is 5.93. The first-order valence-electron chi connectivity index (χ1n) is 11.5. The average molecular weight is 399 g/mol. The lowest BCUT2D eigenvalue weighted by Gasteiger charge is -2.41. The highest BCUT2D eigenvalue weighted by atomic mass is 15.3. The second kappa shape index (κ2) is 7.28. The van der Waals surface area contributed by atoms with Crippen LogP contribution in [0.3, 0.4) is 0 Å². The standard InChI is InChI=1S/C26H30N4/c1-28-16-17-30-23-12-15-29(18-22(23)21-10-3-11-24(28)26(21)30)14-5-9-20-7-2-6-19-8-4-13-27-25(19)20/h2-4,6-8,10-11,13,22-23H,5,9,12,14-18H2,1H3. The molecule has 154 valence electrons. The number of benzene rings is 2. The van der Waals surface area contributed by atoms with Crippen molar-refractivity contribution in [2.75, 3.05) is 49.6 Å². The van der Waals surface area contributed by atoms with Gasteiger partial charge in [0.2, 0.25) is 0 Å². The van der Waals surface area contributed by atoms with Crippen LogP contribution in [0, 0.1) is 0 Å². The van der Waals surface area contributed by atoms with Crippen molar-refractivity contribution in [1.29, 1.82) is 0 Å². The van der Waals surface area contributed by atoms with Crippen LogP contribution in [0.25, 0.3) is 10.9 Å². The van der Waals surface area contributed by atoms with E-state index in [4.69, 9.17) is 0 Å². The van der Waals surface area contributed by atoms with Gasteiger partial charge in [-0.2, -0.15) is 0 Å². The topological polar surface area (TPSA) is 22.6 Å². The van der Waals surface area contributed by atoms with Crippen molar-refractivity contribution < 1.29 is 0 Å². The van der Waals surface area contributed by atoms with Gasteiger partial charge in [-0.15, -0.1) is 0 Å². The summed E-state index contributed by atoms with van der Waals surface area (Å²) < 4.78 is 0. The Morgan fingerprint density at radius 3 is 2.87 bits per heavy atom. The fourth-order valence-electron chi connectivity index (χ4n) is 6.04. The number of aryl methyl sites for hydroxylation is 1. The third-order valence-corrected chi connectivity index (χ3v) is 7.52. The Hall–Kier alpha value is -2.59. The lowest BCUT2D eigenvalue weighted by atomic mass is 9.89. The molecule has 1 saturated heterocycles. The van der Waals surface area contributed by atoms with Crippen LogP contribution < -0.4 is 9.80 Å². The van der Waals surface area contributed by atoms with Gasteiger partial charge in [-0.05, 0) is 49.1 Å². The normalized spacial score (nSPS) is 23.0. The van der Waals surface area contributed by atoms with E-state index in [0.29, 0.717) is 12.0 Å². The number of aromatic nitrogens is 1. The molecule has 0 radical (unpaired) electrons. The number of pyridine rings is 1. The van der Waals surface area contributed by atoms with E-state index in [-0.39, 0.29) is 0 Å². The van der Waals surface area contributed by atoms with Crippen LogP contribution in [-0.4, -0.2) is 55.7 Å². The maximum atomic E-state index is 4.63. The number of likely N-dealkylation sites (tertiary alicyclic amines) is 1. The van der Waals surface area contributed by atoms with Gasteiger partial charge in [0, 0.05) is 56.8 Å². The van der Waals surface area contributed by atoms with Crippen molar-refractivity contribution in [1.82, 2.24) is 9.88 Å². The Bertz CT molecular complexity index is 1070. The van der Waals surface area contributed by atoms with E-state index in [1.54, 1.807) is 5.56 Å². The van der Waals surface area contributed by atoms with Crippen LogP contribution in [0.15, 0.2) is 54.7 Å². The molecular formula is C26H30N4. The number of fused-ring (bicyclic) bond motifs is 4. The molecule has 2 aromatic carbocycles. The van der Waals surface area contributed by atoms with Gasteiger partial charge in [-0.3, -0.25) is 4.98 Å². The van der Waals surface area contributed by atoms with Crippen molar-refractivity contribution in [2.45, 2.75) is 31.2 Å². The number of likely N-dealkylation sites (N-methyl/N-ethyl adjacent to an activating group) is 1. The van der Waals surface area contributed by atoms with E-state index in [0.717, 1.165) is 13.0 Å². The van der Waals surface area contributed by atoms with Crippen LogP contribution in [0.4, 0.5) is 11.4 Å². The average Bonchev–Trinajstić information content (AvgIpc) is 3.11. The molecule has 4 heteroatoms. The molecule has 0 spiro atoms. The van der Waals surface area contributed by atoms with Crippen LogP contribution in [0.2, 0.25) is 0 Å². The van der Waals surface area contributed by atoms with Gasteiger partial charge in [-0.25, -0.2) is 0 Å². The van der Waals surface area contributed by atoms with E-state index < -0.39 is 0 Å². The van der Waals surface area contributed by atoms with Crippen molar-refractivity contribution in [3.63, 3.8) is 0 Å². The van der Waals surface area contributed by atoms with Gasteiger partial charge in [0.25, 0.3) is 0 Å². The van der Waals surface area contributed by atoms with E-state index in [1.807, 2.05) is 12.3 Å². The Morgan fingerprint density at radius 1 is 1.00 bits per heavy atom. The molecule has 4 heterocycles. The number of anilines is 2. The fourth-order valence-corrected chi connectivity index (χ4v) is 6.04. The highest BCUT2D eigenvalue weighted by molar-refractivity contribution is 5.82. The molecule has 30 heavy (non-hydrogen) atoms. The maximum Gasteiger partial charge on any atom is 0.0733 e. The zero-order valence-corrected chi connectivity index (χ0v) is 17.8. The predicted octanol–water partition coefficient (Wildman–Crippen LogP) is 4.30. The summed E-state index contributed by atoms with van der Waals surface area (Å²) in [6.07, 6.45) is 5.51. The number of rotatable bonds is 4. The Kier molecular flexibility index (Phi) is 4.41. The maximum absolute atomic E-state index is 4.63. The third kappa shape index (κ3) is 2.89. The van der Waals surface area contributed by atoms with Crippen molar-refractivity contribution in [3.8, 4) is 0 Å². The first-order valence-corrected chi connectivity index (χ1v) is 11.5. The van der Waals surface area contributed by atoms with Crippen molar-refractivity contribution in [3.05, 3.63) is 65.9 Å². The summed E-state index contributed by atoms with van der Waals surface area (Å²) in [6, 6.07) is 18.4. The monoisotopic (exact) mass is 398 g/mol. The third-order valence-electron chi connectivity index (χ3n) is 7.52. The largest absolute Gasteiger partial charge is 0.371 e. The smallest absolute Gasteiger partial charge is 0.0733 e. The SMILES string of the molecule is CN1CCN2c3c(cccc31)C1CN(CCCc3cccc4cccnc34)CCC12.